The summed E-state index contributed by atoms with van der Waals surface area (Å²) < 4.78 is 0. The average molecular weight is 447 g/mol. The van der Waals surface area contributed by atoms with Crippen molar-refractivity contribution in [2.75, 3.05) is 0 Å². The number of allylic oxidation sites excluding steroid dienone is 1. The number of rotatable bonds is 5. The van der Waals surface area contributed by atoms with E-state index < -0.39 is 17.8 Å². The van der Waals surface area contributed by atoms with Crippen LogP contribution < -0.4 is 0 Å². The van der Waals surface area contributed by atoms with E-state index in [1.807, 2.05) is 0 Å². The van der Waals surface area contributed by atoms with Gasteiger partial charge in [-0.05, 0) is 110 Å². The second-order valence-corrected chi connectivity index (χ2v) is 13.4. The molecule has 0 radical (unpaired) electrons. The smallest absolute Gasteiger partial charge is 0.0827 e. The minimum Gasteiger partial charge on any atom is -0.390 e. The van der Waals surface area contributed by atoms with Crippen molar-refractivity contribution >= 4 is 0 Å². The molecular formula is C29H50O3. The summed E-state index contributed by atoms with van der Waals surface area (Å²) in [5.74, 6) is 3.02. The van der Waals surface area contributed by atoms with Gasteiger partial charge in [-0.3, -0.25) is 0 Å². The minimum absolute atomic E-state index is 0.0783. The lowest BCUT2D eigenvalue weighted by Crippen LogP contribution is -2.66. The summed E-state index contributed by atoms with van der Waals surface area (Å²) in [5, 5.41) is 33.6. The normalized spacial score (nSPS) is 51.6. The van der Waals surface area contributed by atoms with Crippen LogP contribution in [0.4, 0.5) is 0 Å². The van der Waals surface area contributed by atoms with Gasteiger partial charge in [-0.1, -0.05) is 53.7 Å². The quantitative estimate of drug-likeness (QED) is 0.456. The number of hydrogen-bond donors (Lipinski definition) is 3. The lowest BCUT2D eigenvalue weighted by Gasteiger charge is -2.66. The topological polar surface area (TPSA) is 60.7 Å². The van der Waals surface area contributed by atoms with Crippen LogP contribution in [0.25, 0.3) is 0 Å². The summed E-state index contributed by atoms with van der Waals surface area (Å²) in [6.45, 7) is 18.2. The fraction of sp³-hybridized carbons (Fsp3) is 0.931. The van der Waals surface area contributed by atoms with Crippen molar-refractivity contribution in [3.63, 3.8) is 0 Å². The molecule has 3 N–H and O–H groups in total. The van der Waals surface area contributed by atoms with Gasteiger partial charge >= 0.3 is 0 Å². The first-order valence-electron chi connectivity index (χ1n) is 13.6. The standard InChI is InChI=1S/C29H50O3/c1-17(2)18(3)8-9-19(4)21-10-11-24-27(21,6)14-13-25-28(7)16-23(30)26(31)20(5)22(28)12-15-29(24,25)32/h17,19-26,30-32H,3,8-16H2,1-2,4-7H3. The van der Waals surface area contributed by atoms with Gasteiger partial charge in [0.15, 0.2) is 0 Å². The third-order valence-electron chi connectivity index (χ3n) is 11.7. The Kier molecular flexibility index (Phi) is 6.48. The molecule has 4 saturated carbocycles. The molecule has 11 atom stereocenters. The van der Waals surface area contributed by atoms with Crippen molar-refractivity contribution in [2.24, 2.45) is 52.3 Å². The Morgan fingerprint density at radius 2 is 1.62 bits per heavy atom. The number of aliphatic hydroxyl groups is 3. The lowest BCUT2D eigenvalue weighted by atomic mass is 9.41. The summed E-state index contributed by atoms with van der Waals surface area (Å²) in [4.78, 5) is 0. The number of aliphatic hydroxyl groups excluding tert-OH is 2. The Morgan fingerprint density at radius 1 is 0.969 bits per heavy atom. The molecule has 4 rings (SSSR count). The molecule has 0 aromatic rings. The number of hydrogen-bond acceptors (Lipinski definition) is 3. The Labute approximate surface area is 197 Å². The first kappa shape index (κ1) is 24.7. The summed E-state index contributed by atoms with van der Waals surface area (Å²) in [6, 6.07) is 0. The van der Waals surface area contributed by atoms with E-state index in [9.17, 15) is 15.3 Å². The van der Waals surface area contributed by atoms with E-state index in [0.717, 1.165) is 32.1 Å². The Balaban J connectivity index is 1.55. The summed E-state index contributed by atoms with van der Waals surface area (Å²) in [6.07, 6.45) is 8.19. The van der Waals surface area contributed by atoms with E-state index >= 15 is 0 Å². The van der Waals surface area contributed by atoms with Crippen molar-refractivity contribution in [3.05, 3.63) is 12.2 Å². The second kappa shape index (κ2) is 8.38. The van der Waals surface area contributed by atoms with Gasteiger partial charge in [0, 0.05) is 0 Å². The van der Waals surface area contributed by atoms with E-state index in [1.54, 1.807) is 0 Å². The zero-order chi connectivity index (χ0) is 23.6. The van der Waals surface area contributed by atoms with Crippen molar-refractivity contribution in [1.29, 1.82) is 0 Å². The van der Waals surface area contributed by atoms with Crippen LogP contribution in [0.5, 0.6) is 0 Å². The molecule has 0 aromatic carbocycles. The van der Waals surface area contributed by atoms with Crippen molar-refractivity contribution < 1.29 is 15.3 Å². The molecular weight excluding hydrogens is 396 g/mol. The Morgan fingerprint density at radius 3 is 2.28 bits per heavy atom. The van der Waals surface area contributed by atoms with Crippen LogP contribution in [-0.4, -0.2) is 33.1 Å². The van der Waals surface area contributed by atoms with E-state index in [2.05, 4.69) is 48.1 Å². The highest BCUT2D eigenvalue weighted by molar-refractivity contribution is 5.17. The van der Waals surface area contributed by atoms with Crippen LogP contribution in [0.3, 0.4) is 0 Å². The SMILES string of the molecule is C=C(CCC(C)C1CCC2C1(C)CCC1C3(C)CC(O)C(O)C(C)C3CCC21O)C(C)C. The molecule has 0 spiro atoms. The second-order valence-electron chi connectivity index (χ2n) is 13.4. The van der Waals surface area contributed by atoms with E-state index in [0.29, 0.717) is 36.0 Å². The van der Waals surface area contributed by atoms with Gasteiger partial charge in [-0.25, -0.2) is 0 Å². The van der Waals surface area contributed by atoms with Crippen molar-refractivity contribution in [2.45, 2.75) is 117 Å². The van der Waals surface area contributed by atoms with Gasteiger partial charge in [0.2, 0.25) is 0 Å². The third-order valence-corrected chi connectivity index (χ3v) is 11.7. The highest BCUT2D eigenvalue weighted by atomic mass is 16.3. The van der Waals surface area contributed by atoms with Crippen LogP contribution in [0, 0.1) is 52.3 Å². The van der Waals surface area contributed by atoms with Gasteiger partial charge in [0.05, 0.1) is 17.8 Å². The van der Waals surface area contributed by atoms with Crippen LogP contribution in [0.1, 0.15) is 99.3 Å². The molecule has 0 bridgehead atoms. The molecule has 4 fully saturated rings. The molecule has 3 nitrogen and oxygen atoms in total. The van der Waals surface area contributed by atoms with Gasteiger partial charge in [-0.2, -0.15) is 0 Å². The molecule has 3 heteroatoms. The zero-order valence-electron chi connectivity index (χ0n) is 21.6. The third kappa shape index (κ3) is 3.55. The monoisotopic (exact) mass is 446 g/mol. The molecule has 4 aliphatic rings. The van der Waals surface area contributed by atoms with Gasteiger partial charge in [0.25, 0.3) is 0 Å². The summed E-state index contributed by atoms with van der Waals surface area (Å²) >= 11 is 0. The van der Waals surface area contributed by atoms with Gasteiger partial charge < -0.3 is 15.3 Å². The zero-order valence-corrected chi connectivity index (χ0v) is 21.6. The average Bonchev–Trinajstić information content (AvgIpc) is 3.08. The van der Waals surface area contributed by atoms with Crippen molar-refractivity contribution in [3.8, 4) is 0 Å². The first-order valence-corrected chi connectivity index (χ1v) is 13.6. The van der Waals surface area contributed by atoms with Crippen LogP contribution >= 0.6 is 0 Å². The van der Waals surface area contributed by atoms with Gasteiger partial charge in [-0.15, -0.1) is 0 Å². The van der Waals surface area contributed by atoms with Gasteiger partial charge in [0.1, 0.15) is 0 Å². The molecule has 11 unspecified atom stereocenters. The predicted octanol–water partition coefficient (Wildman–Crippen LogP) is 5.97. The minimum atomic E-state index is -0.660. The molecule has 0 saturated heterocycles. The maximum absolute atomic E-state index is 12.4. The maximum atomic E-state index is 12.4. The molecule has 0 amide bonds. The lowest BCUT2D eigenvalue weighted by molar-refractivity contribution is -0.248. The Hall–Kier alpha value is -0.380. The largest absolute Gasteiger partial charge is 0.390 e. The fourth-order valence-corrected chi connectivity index (χ4v) is 9.77. The fourth-order valence-electron chi connectivity index (χ4n) is 9.77. The molecule has 4 aliphatic carbocycles. The predicted molar refractivity (Wildman–Crippen MR) is 131 cm³/mol. The van der Waals surface area contributed by atoms with E-state index in [4.69, 9.17) is 0 Å². The summed E-state index contributed by atoms with van der Waals surface area (Å²) in [7, 11) is 0. The van der Waals surface area contributed by atoms with Crippen LogP contribution in [0.15, 0.2) is 12.2 Å². The first-order chi connectivity index (χ1) is 14.9. The van der Waals surface area contributed by atoms with Crippen molar-refractivity contribution in [1.82, 2.24) is 0 Å². The Bertz CT molecular complexity index is 717. The summed E-state index contributed by atoms with van der Waals surface area (Å²) in [5.41, 5.74) is 0.893. The molecule has 0 aliphatic heterocycles. The highest BCUT2D eigenvalue weighted by Crippen LogP contribution is 2.70. The molecule has 0 heterocycles. The van der Waals surface area contributed by atoms with E-state index in [-0.39, 0.29) is 22.7 Å². The maximum Gasteiger partial charge on any atom is 0.0827 e. The molecule has 0 aromatic heterocycles. The van der Waals surface area contributed by atoms with Crippen LogP contribution in [-0.2, 0) is 0 Å². The van der Waals surface area contributed by atoms with E-state index in [1.165, 1.54) is 24.8 Å². The van der Waals surface area contributed by atoms with Crippen LogP contribution in [0.2, 0.25) is 0 Å². The highest BCUT2D eigenvalue weighted by Gasteiger charge is 2.68. The molecule has 32 heavy (non-hydrogen) atoms. The number of fused-ring (bicyclic) bond motifs is 5. The molecule has 184 valence electrons.